The first kappa shape index (κ1) is 7.65. The molecule has 1 aliphatic rings. The van der Waals surface area contributed by atoms with E-state index in [1.165, 1.54) is 10.5 Å². The molecule has 0 saturated carbocycles. The van der Waals surface area contributed by atoms with Gasteiger partial charge in [-0.2, -0.15) is 0 Å². The maximum Gasteiger partial charge on any atom is 0.0401 e. The predicted octanol–water partition coefficient (Wildman–Crippen LogP) is 2.55. The van der Waals surface area contributed by atoms with Gasteiger partial charge in [-0.15, -0.1) is 11.8 Å². The summed E-state index contributed by atoms with van der Waals surface area (Å²) in [6.45, 7) is 0. The maximum atomic E-state index is 5.87. The van der Waals surface area contributed by atoms with Crippen LogP contribution < -0.4 is 5.73 Å². The standard InChI is InChI=1S/C8H8BrNS/c9-5-1-2-8-6(3-5)7(10)4-11-8/h1-3,7H,4,10H2/t7-/m0/s1. The van der Waals surface area contributed by atoms with Crippen LogP contribution in [-0.2, 0) is 0 Å². The minimum absolute atomic E-state index is 0.229. The van der Waals surface area contributed by atoms with Gasteiger partial charge in [-0.25, -0.2) is 0 Å². The number of benzene rings is 1. The van der Waals surface area contributed by atoms with Crippen molar-refractivity contribution in [2.75, 3.05) is 5.75 Å². The van der Waals surface area contributed by atoms with Gasteiger partial charge in [0.2, 0.25) is 0 Å². The second-order valence-corrected chi connectivity index (χ2v) is 4.58. The Hall–Kier alpha value is 0.01000. The molecule has 1 nitrogen and oxygen atoms in total. The Morgan fingerprint density at radius 3 is 3.18 bits per heavy atom. The van der Waals surface area contributed by atoms with Gasteiger partial charge in [0.15, 0.2) is 0 Å². The molecule has 2 rings (SSSR count). The predicted molar refractivity (Wildman–Crippen MR) is 51.8 cm³/mol. The third-order valence-corrected chi connectivity index (χ3v) is 3.49. The fraction of sp³-hybridized carbons (Fsp3) is 0.250. The number of hydrogen-bond donors (Lipinski definition) is 1. The summed E-state index contributed by atoms with van der Waals surface area (Å²) in [5, 5.41) is 0. The molecule has 1 atom stereocenters. The van der Waals surface area contributed by atoms with Gasteiger partial charge < -0.3 is 5.73 Å². The highest BCUT2D eigenvalue weighted by molar-refractivity contribution is 9.10. The Labute approximate surface area is 78.5 Å². The van der Waals surface area contributed by atoms with Crippen molar-refractivity contribution in [3.05, 3.63) is 28.2 Å². The van der Waals surface area contributed by atoms with Gasteiger partial charge in [-0.05, 0) is 23.8 Å². The lowest BCUT2D eigenvalue weighted by molar-refractivity contribution is 0.832. The van der Waals surface area contributed by atoms with E-state index < -0.39 is 0 Å². The Kier molecular flexibility index (Phi) is 1.95. The van der Waals surface area contributed by atoms with E-state index in [1.54, 1.807) is 0 Å². The number of nitrogens with two attached hydrogens (primary N) is 1. The third-order valence-electron chi connectivity index (χ3n) is 1.79. The van der Waals surface area contributed by atoms with E-state index in [0.29, 0.717) is 0 Å². The van der Waals surface area contributed by atoms with Gasteiger partial charge in [0.25, 0.3) is 0 Å². The van der Waals surface area contributed by atoms with E-state index >= 15 is 0 Å². The fourth-order valence-electron chi connectivity index (χ4n) is 1.21. The molecule has 0 unspecified atom stereocenters. The summed E-state index contributed by atoms with van der Waals surface area (Å²) in [4.78, 5) is 1.33. The number of fused-ring (bicyclic) bond motifs is 1. The molecule has 3 heteroatoms. The van der Waals surface area contributed by atoms with Crippen molar-refractivity contribution < 1.29 is 0 Å². The zero-order valence-electron chi connectivity index (χ0n) is 5.88. The van der Waals surface area contributed by atoms with Crippen LogP contribution in [0.5, 0.6) is 0 Å². The summed E-state index contributed by atoms with van der Waals surface area (Å²) in [6, 6.07) is 6.52. The molecule has 0 amide bonds. The maximum absolute atomic E-state index is 5.87. The highest BCUT2D eigenvalue weighted by Gasteiger charge is 2.18. The monoisotopic (exact) mass is 229 g/mol. The van der Waals surface area contributed by atoms with Crippen molar-refractivity contribution in [3.8, 4) is 0 Å². The minimum atomic E-state index is 0.229. The lowest BCUT2D eigenvalue weighted by atomic mass is 10.1. The molecule has 0 saturated heterocycles. The Morgan fingerprint density at radius 2 is 2.36 bits per heavy atom. The second-order valence-electron chi connectivity index (χ2n) is 2.60. The lowest BCUT2D eigenvalue weighted by Gasteiger charge is -2.02. The van der Waals surface area contributed by atoms with E-state index in [4.69, 9.17) is 5.73 Å². The van der Waals surface area contributed by atoms with Crippen LogP contribution in [0, 0.1) is 0 Å². The topological polar surface area (TPSA) is 26.0 Å². The van der Waals surface area contributed by atoms with Crippen LogP contribution in [0.4, 0.5) is 0 Å². The quantitative estimate of drug-likeness (QED) is 0.741. The second kappa shape index (κ2) is 2.81. The number of rotatable bonds is 0. The van der Waals surface area contributed by atoms with Crippen LogP contribution in [-0.4, -0.2) is 5.75 Å². The van der Waals surface area contributed by atoms with Crippen molar-refractivity contribution in [2.45, 2.75) is 10.9 Å². The molecule has 1 aliphatic heterocycles. The summed E-state index contributed by atoms with van der Waals surface area (Å²) >= 11 is 5.27. The van der Waals surface area contributed by atoms with E-state index in [0.717, 1.165) is 10.2 Å². The van der Waals surface area contributed by atoms with Gasteiger partial charge in [-0.1, -0.05) is 15.9 Å². The van der Waals surface area contributed by atoms with Crippen LogP contribution in [0.15, 0.2) is 27.6 Å². The average molecular weight is 230 g/mol. The molecule has 11 heavy (non-hydrogen) atoms. The first-order valence-corrected chi connectivity index (χ1v) is 5.23. The zero-order valence-corrected chi connectivity index (χ0v) is 8.28. The molecule has 0 aliphatic carbocycles. The van der Waals surface area contributed by atoms with Crippen molar-refractivity contribution in [1.82, 2.24) is 0 Å². The smallest absolute Gasteiger partial charge is 0.0401 e. The van der Waals surface area contributed by atoms with Gasteiger partial charge in [0, 0.05) is 21.2 Å². The van der Waals surface area contributed by atoms with Crippen LogP contribution >= 0.6 is 27.7 Å². The summed E-state index contributed by atoms with van der Waals surface area (Å²) in [7, 11) is 0. The van der Waals surface area contributed by atoms with Crippen molar-refractivity contribution in [2.24, 2.45) is 5.73 Å². The third kappa shape index (κ3) is 1.33. The molecule has 2 N–H and O–H groups in total. The van der Waals surface area contributed by atoms with Crippen LogP contribution in [0.3, 0.4) is 0 Å². The van der Waals surface area contributed by atoms with Crippen molar-refractivity contribution in [3.63, 3.8) is 0 Å². The van der Waals surface area contributed by atoms with Gasteiger partial charge >= 0.3 is 0 Å². The molecular formula is C8H8BrNS. The first-order chi connectivity index (χ1) is 5.27. The van der Waals surface area contributed by atoms with E-state index in [9.17, 15) is 0 Å². The normalized spacial score (nSPS) is 21.8. The van der Waals surface area contributed by atoms with E-state index in [1.807, 2.05) is 11.8 Å². The fourth-order valence-corrected chi connectivity index (χ4v) is 2.67. The van der Waals surface area contributed by atoms with Crippen molar-refractivity contribution >= 4 is 27.7 Å². The summed E-state index contributed by atoms with van der Waals surface area (Å²) in [6.07, 6.45) is 0. The first-order valence-electron chi connectivity index (χ1n) is 3.45. The summed E-state index contributed by atoms with van der Waals surface area (Å²) in [5.41, 5.74) is 7.16. The highest BCUT2D eigenvalue weighted by Crippen LogP contribution is 2.37. The molecule has 58 valence electrons. The van der Waals surface area contributed by atoms with Crippen molar-refractivity contribution in [1.29, 1.82) is 0 Å². The SMILES string of the molecule is N[C@H]1CSc2ccc(Br)cc21. The van der Waals surface area contributed by atoms with Gasteiger partial charge in [0.1, 0.15) is 0 Å². The lowest BCUT2D eigenvalue weighted by Crippen LogP contribution is -2.08. The molecule has 1 aromatic carbocycles. The van der Waals surface area contributed by atoms with Gasteiger partial charge in [0.05, 0.1) is 0 Å². The van der Waals surface area contributed by atoms with E-state index in [2.05, 4.69) is 34.1 Å². The minimum Gasteiger partial charge on any atom is -0.323 e. The average Bonchev–Trinajstić information content (AvgIpc) is 2.33. The Bertz CT molecular complexity index is 287. The summed E-state index contributed by atoms with van der Waals surface area (Å²) in [5.74, 6) is 1.02. The molecule has 1 aromatic rings. The number of thioether (sulfide) groups is 1. The molecule has 0 fully saturated rings. The number of halogens is 1. The Morgan fingerprint density at radius 1 is 1.55 bits per heavy atom. The van der Waals surface area contributed by atoms with Crippen LogP contribution in [0.2, 0.25) is 0 Å². The largest absolute Gasteiger partial charge is 0.323 e. The highest BCUT2D eigenvalue weighted by atomic mass is 79.9. The molecule has 0 bridgehead atoms. The molecule has 0 spiro atoms. The molecule has 0 aromatic heterocycles. The molecule has 0 radical (unpaired) electrons. The molecule has 1 heterocycles. The van der Waals surface area contributed by atoms with Crippen LogP contribution in [0.1, 0.15) is 11.6 Å². The summed E-state index contributed by atoms with van der Waals surface area (Å²) < 4.78 is 1.12. The van der Waals surface area contributed by atoms with E-state index in [-0.39, 0.29) is 6.04 Å². The van der Waals surface area contributed by atoms with Gasteiger partial charge in [-0.3, -0.25) is 0 Å². The Balaban J connectivity index is 2.52. The zero-order chi connectivity index (χ0) is 7.84. The number of hydrogen-bond acceptors (Lipinski definition) is 2. The van der Waals surface area contributed by atoms with Crippen LogP contribution in [0.25, 0.3) is 0 Å². The molecular weight excluding hydrogens is 222 g/mol.